The highest BCUT2D eigenvalue weighted by atomic mass is 79.9. The highest BCUT2D eigenvalue weighted by Gasteiger charge is 2.74. The molecule has 0 bridgehead atoms. The van der Waals surface area contributed by atoms with E-state index in [1.54, 1.807) is 0 Å². The van der Waals surface area contributed by atoms with Crippen molar-refractivity contribution in [1.82, 2.24) is 0 Å². The predicted octanol–water partition coefficient (Wildman–Crippen LogP) is 6.71. The number of allylic oxidation sites excluding steroid dienone is 2. The quantitative estimate of drug-likeness (QED) is 0.195. The van der Waals surface area contributed by atoms with Crippen LogP contribution in [-0.4, -0.2) is 20.2 Å². The molecule has 0 saturated carbocycles. The van der Waals surface area contributed by atoms with Gasteiger partial charge in [-0.15, -0.1) is 0 Å². The molecule has 0 fully saturated rings. The first-order chi connectivity index (χ1) is 7.21. The van der Waals surface area contributed by atoms with Crippen LogP contribution in [0.25, 0.3) is 0 Å². The van der Waals surface area contributed by atoms with Gasteiger partial charge in [0.25, 0.3) is 0 Å². The molecule has 0 spiro atoms. The van der Waals surface area contributed by atoms with Crippen molar-refractivity contribution in [3.8, 4) is 0 Å². The minimum absolute atomic E-state index is 0.914. The molecule has 1 aliphatic carbocycles. The molecule has 0 heterocycles. The van der Waals surface area contributed by atoms with Crippen molar-refractivity contribution in [3.63, 3.8) is 0 Å². The van der Waals surface area contributed by atoms with Crippen LogP contribution in [0, 0.1) is 0 Å². The van der Waals surface area contributed by atoms with Gasteiger partial charge in [0, 0.05) is 0 Å². The SMILES string of the molecule is FC(F)(F)C1(Br)C=CC(Br)(Br)C(Br)(Br)C1(Br)Br. The third kappa shape index (κ3) is 2.56. The summed E-state index contributed by atoms with van der Waals surface area (Å²) >= 11 is 22.0. The van der Waals surface area contributed by atoms with Crippen LogP contribution in [0.5, 0.6) is 0 Å². The van der Waals surface area contributed by atoms with Gasteiger partial charge >= 0.3 is 6.18 Å². The van der Waals surface area contributed by atoms with E-state index >= 15 is 0 Å². The minimum Gasteiger partial charge on any atom is -0.169 e. The molecule has 0 radical (unpaired) electrons. The average molecular weight is 702 g/mol. The summed E-state index contributed by atoms with van der Waals surface area (Å²) in [6.07, 6.45) is -2.11. The van der Waals surface area contributed by atoms with Gasteiger partial charge in [0.2, 0.25) is 0 Å². The molecular weight excluding hydrogens is 700 g/mol. The van der Waals surface area contributed by atoms with Crippen LogP contribution in [0.2, 0.25) is 0 Å². The summed E-state index contributed by atoms with van der Waals surface area (Å²) in [5, 5.41) is 0. The largest absolute Gasteiger partial charge is 0.409 e. The Labute approximate surface area is 155 Å². The first-order valence-electron chi connectivity index (χ1n) is 3.80. The van der Waals surface area contributed by atoms with E-state index in [9.17, 15) is 13.2 Å². The molecule has 10 heteroatoms. The van der Waals surface area contributed by atoms with Crippen molar-refractivity contribution in [3.05, 3.63) is 12.2 Å². The molecule has 0 N–H and O–H groups in total. The number of hydrogen-bond donors (Lipinski definition) is 0. The Balaban J connectivity index is 3.52. The van der Waals surface area contributed by atoms with Gasteiger partial charge in [0.05, 0.1) is 0 Å². The fourth-order valence-corrected chi connectivity index (χ4v) is 6.25. The summed E-state index contributed by atoms with van der Waals surface area (Å²) in [4.78, 5) is 0. The number of alkyl halides is 10. The lowest BCUT2D eigenvalue weighted by Crippen LogP contribution is -2.64. The molecule has 0 aromatic carbocycles. The molecule has 0 aromatic rings. The second-order valence-corrected chi connectivity index (χ2v) is 15.0. The van der Waals surface area contributed by atoms with Crippen LogP contribution in [0.1, 0.15) is 0 Å². The Morgan fingerprint density at radius 1 is 0.706 bits per heavy atom. The van der Waals surface area contributed by atoms with Gasteiger partial charge in [-0.1, -0.05) is 124 Å². The third-order valence-electron chi connectivity index (χ3n) is 2.20. The van der Waals surface area contributed by atoms with Gasteiger partial charge in [0.15, 0.2) is 4.32 Å². The second-order valence-electron chi connectivity index (χ2n) is 3.31. The van der Waals surface area contributed by atoms with E-state index in [2.05, 4.69) is 112 Å². The van der Waals surface area contributed by atoms with Crippen molar-refractivity contribution >= 4 is 112 Å². The van der Waals surface area contributed by atoms with Gasteiger partial charge in [0.1, 0.15) is 9.70 Å². The van der Waals surface area contributed by atoms with E-state index in [4.69, 9.17) is 0 Å². The number of rotatable bonds is 0. The van der Waals surface area contributed by atoms with Crippen molar-refractivity contribution in [2.75, 3.05) is 0 Å². The first kappa shape index (κ1) is 17.9. The van der Waals surface area contributed by atoms with Crippen molar-refractivity contribution in [1.29, 1.82) is 0 Å². The van der Waals surface area contributed by atoms with E-state index in [-0.39, 0.29) is 0 Å². The van der Waals surface area contributed by atoms with Gasteiger partial charge < -0.3 is 0 Å². The van der Waals surface area contributed by atoms with Crippen molar-refractivity contribution in [2.45, 2.75) is 20.2 Å². The van der Waals surface area contributed by atoms with Crippen LogP contribution in [0.4, 0.5) is 13.2 Å². The Morgan fingerprint density at radius 2 is 1.12 bits per heavy atom. The fourth-order valence-electron chi connectivity index (χ4n) is 1.14. The lowest BCUT2D eigenvalue weighted by Gasteiger charge is -2.52. The van der Waals surface area contributed by atoms with Gasteiger partial charge in [-0.05, 0) is 0 Å². The standard InChI is InChI=1S/C7H2Br7F3/c8-3(7(15,16)17)1-2-4(9,10)6(13,14)5(3,11)12/h1-2H. The maximum absolute atomic E-state index is 13.2. The van der Waals surface area contributed by atoms with E-state index < -0.39 is 20.2 Å². The zero-order valence-electron chi connectivity index (χ0n) is 7.43. The summed E-state index contributed by atoms with van der Waals surface area (Å²) in [7, 11) is 0. The summed E-state index contributed by atoms with van der Waals surface area (Å²) < 4.78 is 33.6. The smallest absolute Gasteiger partial charge is 0.169 e. The van der Waals surface area contributed by atoms with Gasteiger partial charge in [-0.2, -0.15) is 13.2 Å². The average Bonchev–Trinajstić information content (AvgIpc) is 2.09. The van der Waals surface area contributed by atoms with Crippen molar-refractivity contribution in [2.24, 2.45) is 0 Å². The second kappa shape index (κ2) is 4.97. The molecule has 1 rings (SSSR count). The monoisotopic (exact) mass is 695 g/mol. The highest BCUT2D eigenvalue weighted by molar-refractivity contribution is 9.33. The Kier molecular flexibility index (Phi) is 5.24. The molecule has 1 atom stereocenters. The van der Waals surface area contributed by atoms with E-state index in [0.29, 0.717) is 0 Å². The van der Waals surface area contributed by atoms with Crippen LogP contribution in [-0.2, 0) is 0 Å². The van der Waals surface area contributed by atoms with Crippen LogP contribution in [0.15, 0.2) is 12.2 Å². The van der Waals surface area contributed by atoms with Crippen LogP contribution >= 0.6 is 112 Å². The predicted molar refractivity (Wildman–Crippen MR) is 88.6 cm³/mol. The molecule has 1 unspecified atom stereocenters. The maximum Gasteiger partial charge on any atom is 0.409 e. The number of halogens is 10. The molecule has 0 aromatic heterocycles. The molecule has 0 amide bonds. The third-order valence-corrected chi connectivity index (χ3v) is 15.4. The topological polar surface area (TPSA) is 0 Å². The Hall–Kier alpha value is 2.89. The molecule has 0 nitrogen and oxygen atoms in total. The van der Waals surface area contributed by atoms with E-state index in [1.807, 2.05) is 0 Å². The van der Waals surface area contributed by atoms with Crippen LogP contribution in [0.3, 0.4) is 0 Å². The normalized spacial score (nSPS) is 34.7. The minimum atomic E-state index is -4.50. The summed E-state index contributed by atoms with van der Waals surface area (Å²) in [5.41, 5.74) is 0. The Bertz CT molecular complexity index is 359. The first-order valence-corrected chi connectivity index (χ1v) is 9.35. The molecular formula is C7H2Br7F3. The summed E-state index contributed by atoms with van der Waals surface area (Å²) in [5.74, 6) is 0. The molecule has 1 aliphatic rings. The lowest BCUT2D eigenvalue weighted by molar-refractivity contribution is -0.148. The molecule has 100 valence electrons. The lowest BCUT2D eigenvalue weighted by atomic mass is 9.94. The maximum atomic E-state index is 13.2. The van der Waals surface area contributed by atoms with Crippen molar-refractivity contribution < 1.29 is 13.2 Å². The van der Waals surface area contributed by atoms with Crippen LogP contribution < -0.4 is 0 Å². The molecule has 17 heavy (non-hydrogen) atoms. The zero-order chi connectivity index (χ0) is 13.9. The Morgan fingerprint density at radius 3 is 1.47 bits per heavy atom. The number of hydrogen-bond acceptors (Lipinski definition) is 0. The van der Waals surface area contributed by atoms with E-state index in [1.165, 1.54) is 6.08 Å². The summed E-state index contributed by atoms with van der Waals surface area (Å²) in [6, 6.07) is 0. The zero-order valence-corrected chi connectivity index (χ0v) is 18.5. The van der Waals surface area contributed by atoms with Gasteiger partial charge in [-0.3, -0.25) is 0 Å². The van der Waals surface area contributed by atoms with Gasteiger partial charge in [-0.25, -0.2) is 0 Å². The summed E-state index contributed by atoms with van der Waals surface area (Å²) in [6.45, 7) is 0. The molecule has 0 saturated heterocycles. The van der Waals surface area contributed by atoms with E-state index in [0.717, 1.165) is 6.08 Å². The highest BCUT2D eigenvalue weighted by Crippen LogP contribution is 2.71. The fraction of sp³-hybridized carbons (Fsp3) is 0.714. The molecule has 0 aliphatic heterocycles.